The van der Waals surface area contributed by atoms with E-state index in [0.717, 1.165) is 0 Å². The Hall–Kier alpha value is -4.28. The minimum Gasteiger partial charge on any atom is -0.141 e. The fraction of sp³-hybridized carbons (Fsp3) is 0.635. The topological polar surface area (TPSA) is 0 Å². The molecule has 3 heteroatoms. The van der Waals surface area contributed by atoms with Crippen LogP contribution < -0.4 is 0 Å². The normalized spacial score (nSPS) is 12.6. The summed E-state index contributed by atoms with van der Waals surface area (Å²) in [7, 11) is 0. The fourth-order valence-electron chi connectivity index (χ4n) is 18.3. The summed E-state index contributed by atoms with van der Waals surface area (Å²) in [5.41, 5.74) is 9.01. The van der Waals surface area contributed by atoms with Gasteiger partial charge in [0.05, 0.1) is 0 Å². The molecule has 9 aromatic rings. The zero-order valence-electron chi connectivity index (χ0n) is 69.8. The lowest BCUT2D eigenvalue weighted by molar-refractivity contribution is 0.400. The van der Waals surface area contributed by atoms with Crippen LogP contribution in [0, 0.1) is 25.7 Å². The van der Waals surface area contributed by atoms with Gasteiger partial charge in [-0.3, -0.25) is 0 Å². The average molecular weight is 1500 g/mol. The van der Waals surface area contributed by atoms with Crippen molar-refractivity contribution < 1.29 is 0 Å². The molecule has 0 spiro atoms. The van der Waals surface area contributed by atoms with Crippen molar-refractivity contribution in [1.82, 2.24) is 0 Å². The van der Waals surface area contributed by atoms with E-state index in [1.54, 1.807) is 21.9 Å². The lowest BCUT2D eigenvalue weighted by Gasteiger charge is -2.24. The quantitative estimate of drug-likeness (QED) is 0.0333. The Morgan fingerprint density at radius 1 is 0.234 bits per heavy atom. The second-order valence-electron chi connectivity index (χ2n) is 34.3. The SMILES string of the molecule is CCCCCCCCCCCCCCCCC(CCCCCCCCCCCCCC)Cc1c(-c2ccc(C)s2)ccc2c(CC(CCCCCCCCCCCCCC)CCCCCCCCCCCCCCCC)c(-c3ccc(-c4ccc5c(ccc6c7ccc8cc(C)ccc8c7sc56)c4)s3)ccc12. The highest BCUT2D eigenvalue weighted by molar-refractivity contribution is 7.27. The van der Waals surface area contributed by atoms with Crippen molar-refractivity contribution in [3.05, 3.63) is 131 Å². The van der Waals surface area contributed by atoms with Gasteiger partial charge in [-0.25, -0.2) is 0 Å². The molecular weight excluding hydrogens is 1350 g/mol. The van der Waals surface area contributed by atoms with Gasteiger partial charge in [-0.2, -0.15) is 0 Å². The van der Waals surface area contributed by atoms with E-state index in [4.69, 9.17) is 0 Å². The third-order valence-electron chi connectivity index (χ3n) is 25.0. The first-order valence-corrected chi connectivity index (χ1v) is 48.8. The highest BCUT2D eigenvalue weighted by atomic mass is 32.1. The molecule has 0 fully saturated rings. The predicted octanol–water partition coefficient (Wildman–Crippen LogP) is 37.5. The van der Waals surface area contributed by atoms with Crippen molar-refractivity contribution in [2.75, 3.05) is 0 Å². The molecule has 9 rings (SSSR count). The maximum atomic E-state index is 2.66. The molecule has 6 aromatic carbocycles. The van der Waals surface area contributed by atoms with Gasteiger partial charge in [-0.05, 0) is 129 Å². The third kappa shape index (κ3) is 30.0. The van der Waals surface area contributed by atoms with E-state index >= 15 is 0 Å². The average Bonchev–Trinajstić information content (AvgIpc) is 1.63. The van der Waals surface area contributed by atoms with Crippen molar-refractivity contribution in [3.63, 3.8) is 0 Å². The largest absolute Gasteiger partial charge is 0.141 e. The van der Waals surface area contributed by atoms with Crippen molar-refractivity contribution in [3.8, 4) is 31.3 Å². The van der Waals surface area contributed by atoms with Crippen LogP contribution in [0.5, 0.6) is 0 Å². The number of benzene rings is 6. The highest BCUT2D eigenvalue weighted by Gasteiger charge is 2.24. The first-order chi connectivity index (χ1) is 52.9. The molecule has 0 amide bonds. The molecule has 0 aliphatic heterocycles. The summed E-state index contributed by atoms with van der Waals surface area (Å²) >= 11 is 6.07. The van der Waals surface area contributed by atoms with Crippen molar-refractivity contribution in [2.45, 2.75) is 414 Å². The number of thiophene rings is 3. The number of hydrogen-bond donors (Lipinski definition) is 0. The first kappa shape index (κ1) is 86.7. The van der Waals surface area contributed by atoms with E-state index in [9.17, 15) is 0 Å². The number of fused-ring (bicyclic) bond motifs is 8. The molecule has 0 aliphatic carbocycles. The van der Waals surface area contributed by atoms with E-state index in [2.05, 4.69) is 151 Å². The van der Waals surface area contributed by atoms with Crippen LogP contribution in [0.15, 0.2) is 109 Å². The Kier molecular flexibility index (Phi) is 42.2. The van der Waals surface area contributed by atoms with Crippen LogP contribution in [0.3, 0.4) is 0 Å². The van der Waals surface area contributed by atoms with Gasteiger partial charge in [0.15, 0.2) is 0 Å². The van der Waals surface area contributed by atoms with Crippen LogP contribution in [0.4, 0.5) is 0 Å². The minimum absolute atomic E-state index is 0.689. The number of rotatable bonds is 63. The van der Waals surface area contributed by atoms with E-state index in [1.165, 1.54) is 456 Å². The molecule has 0 aliphatic rings. The summed E-state index contributed by atoms with van der Waals surface area (Å²) in [4.78, 5) is 5.73. The molecule has 2 unspecified atom stereocenters. The lowest BCUT2D eigenvalue weighted by Crippen LogP contribution is -2.09. The van der Waals surface area contributed by atoms with Gasteiger partial charge in [0.1, 0.15) is 0 Å². The van der Waals surface area contributed by atoms with Gasteiger partial charge >= 0.3 is 0 Å². The smallest absolute Gasteiger partial charge is 0.0434 e. The zero-order chi connectivity index (χ0) is 74.6. The van der Waals surface area contributed by atoms with Gasteiger partial charge in [0, 0.05) is 39.7 Å². The van der Waals surface area contributed by atoms with E-state index in [0.29, 0.717) is 11.8 Å². The second kappa shape index (κ2) is 52.1. The van der Waals surface area contributed by atoms with Gasteiger partial charge < -0.3 is 0 Å². The summed E-state index contributed by atoms with van der Waals surface area (Å²) < 4.78 is 2.83. The van der Waals surface area contributed by atoms with Crippen molar-refractivity contribution in [1.29, 1.82) is 0 Å². The van der Waals surface area contributed by atoms with E-state index in [1.807, 2.05) is 34.0 Å². The minimum atomic E-state index is 0.689. The summed E-state index contributed by atoms with van der Waals surface area (Å²) in [6.07, 6.45) is 81.8. The van der Waals surface area contributed by atoms with E-state index in [-0.39, 0.29) is 0 Å². The van der Waals surface area contributed by atoms with Crippen molar-refractivity contribution in [2.24, 2.45) is 11.8 Å². The molecule has 0 nitrogen and oxygen atoms in total. The summed E-state index contributed by atoms with van der Waals surface area (Å²) in [5.74, 6) is 1.40. The molecule has 0 N–H and O–H groups in total. The molecular formula is C104H154S3. The Balaban J connectivity index is 0.992. The standard InChI is InChI=1S/C104H154S3/c1-7-11-15-19-23-27-31-35-37-41-45-49-52-56-60-85(59-55-51-47-43-39-33-29-25-21-17-13-9-3)80-98-92-73-75-95(102-78-77-100(106-102)89-67-69-91-88(82-89)66-71-97-96-70-65-87-79-83(5)63-68-90(87)103(96)107-104(91)97)99(93(92)72-74-94(98)101-76-64-84(6)105-101)81-86(61-57-53-48-44-40-34-30-26-22-18-14-10-4)62-58-54-50-46-42-38-36-32-28-24-20-16-12-8-2/h63-79,82,85-86H,7-62,80-81H2,1-6H3. The summed E-state index contributed by atoms with van der Waals surface area (Å²) in [5, 5.41) is 11.3. The maximum absolute atomic E-state index is 2.66. The molecule has 588 valence electrons. The summed E-state index contributed by atoms with van der Waals surface area (Å²) in [6.45, 7) is 13.9. The van der Waals surface area contributed by atoms with Crippen LogP contribution in [0.2, 0.25) is 0 Å². The molecule has 0 radical (unpaired) electrons. The molecule has 107 heavy (non-hydrogen) atoms. The number of hydrogen-bond acceptors (Lipinski definition) is 3. The monoisotopic (exact) mass is 1500 g/mol. The van der Waals surface area contributed by atoms with Crippen LogP contribution >= 0.6 is 34.0 Å². The molecule has 0 saturated carbocycles. The van der Waals surface area contributed by atoms with Crippen LogP contribution in [-0.4, -0.2) is 0 Å². The molecule has 0 saturated heterocycles. The maximum Gasteiger partial charge on any atom is 0.0434 e. The number of unbranched alkanes of at least 4 members (excludes halogenated alkanes) is 48. The van der Waals surface area contributed by atoms with Crippen LogP contribution in [0.25, 0.3) is 83.8 Å². The fourth-order valence-corrected chi connectivity index (χ4v) is 21.7. The van der Waals surface area contributed by atoms with Gasteiger partial charge in [0.25, 0.3) is 0 Å². The molecule has 0 bridgehead atoms. The Bertz CT molecular complexity index is 3820. The Morgan fingerprint density at radius 3 is 0.869 bits per heavy atom. The predicted molar refractivity (Wildman–Crippen MR) is 489 cm³/mol. The van der Waals surface area contributed by atoms with Gasteiger partial charge in [-0.1, -0.05) is 472 Å². The van der Waals surface area contributed by atoms with Crippen LogP contribution in [-0.2, 0) is 12.8 Å². The van der Waals surface area contributed by atoms with Gasteiger partial charge in [0.2, 0.25) is 0 Å². The first-order valence-electron chi connectivity index (χ1n) is 46.4. The third-order valence-corrected chi connectivity index (χ3v) is 28.5. The van der Waals surface area contributed by atoms with E-state index < -0.39 is 0 Å². The Morgan fingerprint density at radius 2 is 0.523 bits per heavy atom. The van der Waals surface area contributed by atoms with Gasteiger partial charge in [-0.15, -0.1) is 34.0 Å². The van der Waals surface area contributed by atoms with Crippen molar-refractivity contribution >= 4 is 86.5 Å². The Labute approximate surface area is 669 Å². The van der Waals surface area contributed by atoms with Crippen LogP contribution in [0.1, 0.15) is 409 Å². The molecule has 3 aromatic heterocycles. The summed E-state index contributed by atoms with van der Waals surface area (Å²) in [6, 6.07) is 44.4. The molecule has 2 atom stereocenters. The number of aryl methyl sites for hydroxylation is 2. The lowest BCUT2D eigenvalue weighted by atomic mass is 9.81. The second-order valence-corrected chi connectivity index (χ2v) is 37.7. The zero-order valence-corrected chi connectivity index (χ0v) is 72.2. The highest BCUT2D eigenvalue weighted by Crippen LogP contribution is 2.47. The molecule has 3 heterocycles.